The van der Waals surface area contributed by atoms with Crippen molar-refractivity contribution in [3.8, 4) is 5.75 Å². The number of para-hydroxylation sites is 1. The molecule has 0 amide bonds. The fourth-order valence-electron chi connectivity index (χ4n) is 2.83. The Labute approximate surface area is 116 Å². The van der Waals surface area contributed by atoms with Crippen LogP contribution in [0.5, 0.6) is 5.75 Å². The Hall–Kier alpha value is -1.06. The van der Waals surface area contributed by atoms with Crippen molar-refractivity contribution in [1.29, 1.82) is 0 Å². The van der Waals surface area contributed by atoms with E-state index in [4.69, 9.17) is 10.5 Å². The second-order valence-electron chi connectivity index (χ2n) is 5.50. The molecule has 1 aromatic carbocycles. The lowest BCUT2D eigenvalue weighted by molar-refractivity contribution is 0.143. The largest absolute Gasteiger partial charge is 0.492 e. The highest BCUT2D eigenvalue weighted by molar-refractivity contribution is 5.31. The number of rotatable bonds is 6. The zero-order valence-corrected chi connectivity index (χ0v) is 12.0. The Morgan fingerprint density at radius 1 is 1.37 bits per heavy atom. The van der Waals surface area contributed by atoms with Crippen molar-refractivity contribution in [3.63, 3.8) is 0 Å². The standard InChI is InChI=1S/C16H26N2O/c1-14-5-2-3-7-16(14)19-12-11-18-10-4-6-15(13-18)8-9-17/h2-3,5,7,15H,4,6,8-13,17H2,1H3. The Bertz CT molecular complexity index is 379. The maximum atomic E-state index is 5.87. The van der Waals surface area contributed by atoms with E-state index in [1.165, 1.54) is 31.5 Å². The van der Waals surface area contributed by atoms with Crippen LogP contribution in [-0.4, -0.2) is 37.7 Å². The van der Waals surface area contributed by atoms with Crippen LogP contribution >= 0.6 is 0 Å². The van der Waals surface area contributed by atoms with E-state index in [1.807, 2.05) is 18.2 Å². The number of benzene rings is 1. The number of hydrogen-bond acceptors (Lipinski definition) is 3. The summed E-state index contributed by atoms with van der Waals surface area (Å²) in [4.78, 5) is 2.52. The summed E-state index contributed by atoms with van der Waals surface area (Å²) in [6.07, 6.45) is 3.80. The third kappa shape index (κ3) is 4.51. The van der Waals surface area contributed by atoms with Crippen molar-refractivity contribution in [2.24, 2.45) is 11.7 Å². The van der Waals surface area contributed by atoms with Crippen LogP contribution in [0.2, 0.25) is 0 Å². The van der Waals surface area contributed by atoms with Gasteiger partial charge in [0.1, 0.15) is 12.4 Å². The molecule has 0 bridgehead atoms. The monoisotopic (exact) mass is 262 g/mol. The number of nitrogens with two attached hydrogens (primary N) is 1. The molecule has 1 saturated heterocycles. The number of likely N-dealkylation sites (tertiary alicyclic amines) is 1. The molecule has 19 heavy (non-hydrogen) atoms. The molecule has 3 nitrogen and oxygen atoms in total. The molecule has 1 atom stereocenters. The Morgan fingerprint density at radius 2 is 2.21 bits per heavy atom. The highest BCUT2D eigenvalue weighted by atomic mass is 16.5. The number of aryl methyl sites for hydroxylation is 1. The number of nitrogens with zero attached hydrogens (tertiary/aromatic N) is 1. The maximum Gasteiger partial charge on any atom is 0.122 e. The van der Waals surface area contributed by atoms with Gasteiger partial charge < -0.3 is 10.5 Å². The van der Waals surface area contributed by atoms with Gasteiger partial charge in [0.25, 0.3) is 0 Å². The fourth-order valence-corrected chi connectivity index (χ4v) is 2.83. The number of ether oxygens (including phenoxy) is 1. The normalized spacial score (nSPS) is 20.4. The Morgan fingerprint density at radius 3 is 3.00 bits per heavy atom. The van der Waals surface area contributed by atoms with Crippen LogP contribution in [-0.2, 0) is 0 Å². The molecule has 0 radical (unpaired) electrons. The van der Waals surface area contributed by atoms with Gasteiger partial charge in [-0.05, 0) is 56.8 Å². The molecule has 0 aromatic heterocycles. The molecular formula is C16H26N2O. The minimum Gasteiger partial charge on any atom is -0.492 e. The van der Waals surface area contributed by atoms with E-state index in [-0.39, 0.29) is 0 Å². The molecule has 0 saturated carbocycles. The summed E-state index contributed by atoms with van der Waals surface area (Å²) >= 11 is 0. The molecule has 1 fully saturated rings. The van der Waals surface area contributed by atoms with E-state index in [9.17, 15) is 0 Å². The summed E-state index contributed by atoms with van der Waals surface area (Å²) in [5, 5.41) is 0. The van der Waals surface area contributed by atoms with Crippen molar-refractivity contribution in [1.82, 2.24) is 4.90 Å². The van der Waals surface area contributed by atoms with Gasteiger partial charge in [0, 0.05) is 13.1 Å². The summed E-state index contributed by atoms with van der Waals surface area (Å²) in [5.41, 5.74) is 6.86. The zero-order valence-electron chi connectivity index (χ0n) is 12.0. The topological polar surface area (TPSA) is 38.5 Å². The Kier molecular flexibility index (Phi) is 5.67. The molecule has 1 aliphatic heterocycles. The maximum absolute atomic E-state index is 5.87. The van der Waals surface area contributed by atoms with Crippen LogP contribution < -0.4 is 10.5 Å². The van der Waals surface area contributed by atoms with Crippen molar-refractivity contribution in [2.45, 2.75) is 26.2 Å². The van der Waals surface area contributed by atoms with E-state index in [2.05, 4.69) is 17.9 Å². The van der Waals surface area contributed by atoms with Crippen molar-refractivity contribution < 1.29 is 4.74 Å². The van der Waals surface area contributed by atoms with Gasteiger partial charge in [-0.2, -0.15) is 0 Å². The third-order valence-corrected chi connectivity index (χ3v) is 3.94. The van der Waals surface area contributed by atoms with Crippen LogP contribution in [0.4, 0.5) is 0 Å². The van der Waals surface area contributed by atoms with Crippen molar-refractivity contribution in [3.05, 3.63) is 29.8 Å². The summed E-state index contributed by atoms with van der Waals surface area (Å²) in [6.45, 7) is 7.11. The summed E-state index contributed by atoms with van der Waals surface area (Å²) in [6, 6.07) is 8.21. The summed E-state index contributed by atoms with van der Waals surface area (Å²) in [7, 11) is 0. The van der Waals surface area contributed by atoms with Gasteiger partial charge >= 0.3 is 0 Å². The average Bonchev–Trinajstić information content (AvgIpc) is 2.42. The Balaban J connectivity index is 1.72. The second-order valence-corrected chi connectivity index (χ2v) is 5.50. The van der Waals surface area contributed by atoms with Crippen molar-refractivity contribution in [2.75, 3.05) is 32.8 Å². The zero-order chi connectivity index (χ0) is 13.5. The molecule has 3 heteroatoms. The minimum absolute atomic E-state index is 0.778. The van der Waals surface area contributed by atoms with Crippen LogP contribution in [0.1, 0.15) is 24.8 Å². The van der Waals surface area contributed by atoms with Gasteiger partial charge in [-0.15, -0.1) is 0 Å². The predicted octanol–water partition coefficient (Wildman–Crippen LogP) is 2.43. The van der Waals surface area contributed by atoms with Crippen molar-refractivity contribution >= 4 is 0 Å². The third-order valence-electron chi connectivity index (χ3n) is 3.94. The SMILES string of the molecule is Cc1ccccc1OCCN1CCCC(CCN)C1. The lowest BCUT2D eigenvalue weighted by atomic mass is 9.95. The molecule has 1 unspecified atom stereocenters. The minimum atomic E-state index is 0.778. The first-order valence-electron chi connectivity index (χ1n) is 7.40. The first-order chi connectivity index (χ1) is 9.29. The number of hydrogen-bond donors (Lipinski definition) is 1. The quantitative estimate of drug-likeness (QED) is 0.855. The van der Waals surface area contributed by atoms with Gasteiger partial charge in [-0.1, -0.05) is 18.2 Å². The molecule has 0 spiro atoms. The molecule has 1 aromatic rings. The smallest absolute Gasteiger partial charge is 0.122 e. The molecule has 2 N–H and O–H groups in total. The fraction of sp³-hybridized carbons (Fsp3) is 0.625. The van der Waals surface area contributed by atoms with E-state index in [0.717, 1.165) is 37.8 Å². The van der Waals surface area contributed by atoms with Gasteiger partial charge in [0.2, 0.25) is 0 Å². The lowest BCUT2D eigenvalue weighted by Gasteiger charge is -2.32. The lowest BCUT2D eigenvalue weighted by Crippen LogP contribution is -2.38. The first kappa shape index (κ1) is 14.4. The van der Waals surface area contributed by atoms with E-state index < -0.39 is 0 Å². The summed E-state index contributed by atoms with van der Waals surface area (Å²) in [5.74, 6) is 1.80. The molecule has 0 aliphatic carbocycles. The van der Waals surface area contributed by atoms with Crippen LogP contribution in [0.3, 0.4) is 0 Å². The van der Waals surface area contributed by atoms with Gasteiger partial charge in [-0.25, -0.2) is 0 Å². The summed E-state index contributed by atoms with van der Waals surface area (Å²) < 4.78 is 5.87. The molecular weight excluding hydrogens is 236 g/mol. The van der Waals surface area contributed by atoms with E-state index in [0.29, 0.717) is 0 Å². The van der Waals surface area contributed by atoms with E-state index in [1.54, 1.807) is 0 Å². The second kappa shape index (κ2) is 7.51. The van der Waals surface area contributed by atoms with Crippen LogP contribution in [0.15, 0.2) is 24.3 Å². The molecule has 1 heterocycles. The van der Waals surface area contributed by atoms with Crippen LogP contribution in [0, 0.1) is 12.8 Å². The molecule has 1 aliphatic rings. The van der Waals surface area contributed by atoms with E-state index >= 15 is 0 Å². The number of piperidine rings is 1. The highest BCUT2D eigenvalue weighted by Crippen LogP contribution is 2.19. The average molecular weight is 262 g/mol. The predicted molar refractivity (Wildman–Crippen MR) is 79.5 cm³/mol. The van der Waals surface area contributed by atoms with Gasteiger partial charge in [0.15, 0.2) is 0 Å². The molecule has 106 valence electrons. The van der Waals surface area contributed by atoms with Gasteiger partial charge in [-0.3, -0.25) is 4.90 Å². The van der Waals surface area contributed by atoms with Crippen LogP contribution in [0.25, 0.3) is 0 Å². The molecule has 2 rings (SSSR count). The first-order valence-corrected chi connectivity index (χ1v) is 7.40. The van der Waals surface area contributed by atoms with Gasteiger partial charge in [0.05, 0.1) is 0 Å². The highest BCUT2D eigenvalue weighted by Gasteiger charge is 2.18.